The standard InChI is InChI=1S/C17H15NO/c1-12-3-5-14(6-4-12)15-7-9-16(10-8-15)17-11-19-13(2)18-17/h3-11H,1-2H3. The second-order valence-electron chi connectivity index (χ2n) is 4.70. The van der Waals surface area contributed by atoms with Crippen LogP contribution < -0.4 is 0 Å². The fourth-order valence-corrected chi connectivity index (χ4v) is 2.08. The summed E-state index contributed by atoms with van der Waals surface area (Å²) in [5, 5.41) is 0. The Morgan fingerprint density at radius 2 is 1.26 bits per heavy atom. The molecule has 0 radical (unpaired) electrons. The van der Waals surface area contributed by atoms with Crippen molar-refractivity contribution >= 4 is 0 Å². The van der Waals surface area contributed by atoms with E-state index in [1.165, 1.54) is 16.7 Å². The fourth-order valence-electron chi connectivity index (χ4n) is 2.08. The summed E-state index contributed by atoms with van der Waals surface area (Å²) in [4.78, 5) is 4.33. The van der Waals surface area contributed by atoms with Crippen LogP contribution in [0.2, 0.25) is 0 Å². The van der Waals surface area contributed by atoms with Gasteiger partial charge in [-0.25, -0.2) is 4.98 Å². The Kier molecular flexibility index (Phi) is 2.92. The van der Waals surface area contributed by atoms with Gasteiger partial charge in [-0.05, 0) is 18.1 Å². The maximum Gasteiger partial charge on any atom is 0.191 e. The molecule has 0 spiro atoms. The lowest BCUT2D eigenvalue weighted by atomic mass is 10.0. The molecule has 1 heterocycles. The van der Waals surface area contributed by atoms with Gasteiger partial charge < -0.3 is 4.42 Å². The number of aromatic nitrogens is 1. The minimum atomic E-state index is 0.692. The molecule has 3 rings (SSSR count). The van der Waals surface area contributed by atoms with Gasteiger partial charge >= 0.3 is 0 Å². The first kappa shape index (κ1) is 11.7. The molecule has 0 bridgehead atoms. The molecule has 2 heteroatoms. The molecule has 19 heavy (non-hydrogen) atoms. The van der Waals surface area contributed by atoms with Crippen LogP contribution in [0.15, 0.2) is 59.2 Å². The van der Waals surface area contributed by atoms with Gasteiger partial charge in [-0.2, -0.15) is 0 Å². The highest BCUT2D eigenvalue weighted by molar-refractivity contribution is 5.68. The minimum Gasteiger partial charge on any atom is -0.449 e. The number of hydrogen-bond donors (Lipinski definition) is 0. The molecule has 94 valence electrons. The maximum absolute atomic E-state index is 5.24. The van der Waals surface area contributed by atoms with E-state index in [0.29, 0.717) is 5.89 Å². The van der Waals surface area contributed by atoms with Crippen LogP contribution in [-0.2, 0) is 0 Å². The second-order valence-corrected chi connectivity index (χ2v) is 4.70. The molecule has 2 nitrogen and oxygen atoms in total. The van der Waals surface area contributed by atoms with E-state index >= 15 is 0 Å². The predicted molar refractivity (Wildman–Crippen MR) is 76.8 cm³/mol. The van der Waals surface area contributed by atoms with Crippen molar-refractivity contribution in [2.45, 2.75) is 13.8 Å². The average molecular weight is 249 g/mol. The van der Waals surface area contributed by atoms with Gasteiger partial charge in [-0.3, -0.25) is 0 Å². The SMILES string of the molecule is Cc1ccc(-c2ccc(-c3coc(C)n3)cc2)cc1. The normalized spacial score (nSPS) is 10.6. The molecule has 0 atom stereocenters. The monoisotopic (exact) mass is 249 g/mol. The lowest BCUT2D eigenvalue weighted by Crippen LogP contribution is -1.81. The highest BCUT2D eigenvalue weighted by Crippen LogP contribution is 2.24. The third kappa shape index (κ3) is 2.43. The lowest BCUT2D eigenvalue weighted by Gasteiger charge is -2.03. The smallest absolute Gasteiger partial charge is 0.191 e. The number of benzene rings is 2. The molecule has 0 saturated heterocycles. The Bertz CT molecular complexity index is 678. The minimum absolute atomic E-state index is 0.692. The van der Waals surface area contributed by atoms with Crippen LogP contribution in [0.3, 0.4) is 0 Å². The Morgan fingerprint density at radius 1 is 0.737 bits per heavy atom. The van der Waals surface area contributed by atoms with Crippen LogP contribution in [0.5, 0.6) is 0 Å². The highest BCUT2D eigenvalue weighted by Gasteiger charge is 2.04. The van der Waals surface area contributed by atoms with E-state index in [4.69, 9.17) is 4.42 Å². The third-order valence-electron chi connectivity index (χ3n) is 3.18. The van der Waals surface area contributed by atoms with Crippen LogP contribution in [0, 0.1) is 13.8 Å². The molecular weight excluding hydrogens is 234 g/mol. The van der Waals surface area contributed by atoms with E-state index in [1.807, 2.05) is 6.92 Å². The van der Waals surface area contributed by atoms with Crippen molar-refractivity contribution < 1.29 is 4.42 Å². The van der Waals surface area contributed by atoms with E-state index < -0.39 is 0 Å². The molecule has 0 amide bonds. The number of rotatable bonds is 2. The molecule has 3 aromatic rings. The fraction of sp³-hybridized carbons (Fsp3) is 0.118. The van der Waals surface area contributed by atoms with Crippen molar-refractivity contribution in [3.63, 3.8) is 0 Å². The Labute approximate surface area is 112 Å². The zero-order valence-electron chi connectivity index (χ0n) is 11.1. The summed E-state index contributed by atoms with van der Waals surface area (Å²) >= 11 is 0. The lowest BCUT2D eigenvalue weighted by molar-refractivity contribution is 0.521. The van der Waals surface area contributed by atoms with Crippen LogP contribution in [-0.4, -0.2) is 4.98 Å². The van der Waals surface area contributed by atoms with Gasteiger partial charge in [0.1, 0.15) is 12.0 Å². The average Bonchev–Trinajstić information content (AvgIpc) is 2.87. The van der Waals surface area contributed by atoms with E-state index in [9.17, 15) is 0 Å². The molecule has 0 N–H and O–H groups in total. The largest absolute Gasteiger partial charge is 0.449 e. The van der Waals surface area contributed by atoms with Crippen molar-refractivity contribution in [1.29, 1.82) is 0 Å². The van der Waals surface area contributed by atoms with Gasteiger partial charge in [0.25, 0.3) is 0 Å². The maximum atomic E-state index is 5.24. The van der Waals surface area contributed by atoms with E-state index in [1.54, 1.807) is 6.26 Å². The molecule has 0 fully saturated rings. The van der Waals surface area contributed by atoms with Crippen LogP contribution in [0.25, 0.3) is 22.4 Å². The predicted octanol–water partition coefficient (Wildman–Crippen LogP) is 4.63. The van der Waals surface area contributed by atoms with E-state index in [0.717, 1.165) is 11.3 Å². The number of nitrogens with zero attached hydrogens (tertiary/aromatic N) is 1. The summed E-state index contributed by atoms with van der Waals surface area (Å²) in [5.74, 6) is 0.692. The number of hydrogen-bond acceptors (Lipinski definition) is 2. The molecule has 0 saturated carbocycles. The van der Waals surface area contributed by atoms with Gasteiger partial charge in [-0.1, -0.05) is 54.1 Å². The van der Waals surface area contributed by atoms with Gasteiger partial charge in [0, 0.05) is 12.5 Å². The van der Waals surface area contributed by atoms with Crippen molar-refractivity contribution in [3.05, 3.63) is 66.2 Å². The summed E-state index contributed by atoms with van der Waals surface area (Å²) < 4.78 is 5.24. The zero-order chi connectivity index (χ0) is 13.2. The van der Waals surface area contributed by atoms with Gasteiger partial charge in [-0.15, -0.1) is 0 Å². The van der Waals surface area contributed by atoms with Gasteiger partial charge in [0.15, 0.2) is 5.89 Å². The van der Waals surface area contributed by atoms with Crippen LogP contribution >= 0.6 is 0 Å². The quantitative estimate of drug-likeness (QED) is 0.662. The first-order valence-electron chi connectivity index (χ1n) is 6.32. The number of oxazole rings is 1. The molecule has 0 unspecified atom stereocenters. The molecular formula is C17H15NO. The third-order valence-corrected chi connectivity index (χ3v) is 3.18. The Morgan fingerprint density at radius 3 is 1.79 bits per heavy atom. The van der Waals surface area contributed by atoms with Crippen LogP contribution in [0.1, 0.15) is 11.5 Å². The molecule has 0 aliphatic carbocycles. The molecule has 0 aliphatic rings. The Balaban J connectivity index is 1.92. The number of aryl methyl sites for hydroxylation is 2. The molecule has 2 aromatic carbocycles. The van der Waals surface area contributed by atoms with Crippen molar-refractivity contribution in [1.82, 2.24) is 4.98 Å². The summed E-state index contributed by atoms with van der Waals surface area (Å²) in [5.41, 5.74) is 5.68. The van der Waals surface area contributed by atoms with Crippen LogP contribution in [0.4, 0.5) is 0 Å². The van der Waals surface area contributed by atoms with Crippen molar-refractivity contribution in [2.75, 3.05) is 0 Å². The van der Waals surface area contributed by atoms with E-state index in [2.05, 4.69) is 60.4 Å². The summed E-state index contributed by atoms with van der Waals surface area (Å²) in [6.07, 6.45) is 1.69. The zero-order valence-corrected chi connectivity index (χ0v) is 11.1. The highest BCUT2D eigenvalue weighted by atomic mass is 16.3. The van der Waals surface area contributed by atoms with Gasteiger partial charge in [0.05, 0.1) is 0 Å². The summed E-state index contributed by atoms with van der Waals surface area (Å²) in [7, 11) is 0. The topological polar surface area (TPSA) is 26.0 Å². The summed E-state index contributed by atoms with van der Waals surface area (Å²) in [6, 6.07) is 16.9. The molecule has 1 aromatic heterocycles. The molecule has 0 aliphatic heterocycles. The first-order valence-corrected chi connectivity index (χ1v) is 6.32. The summed E-state index contributed by atoms with van der Waals surface area (Å²) in [6.45, 7) is 3.95. The Hall–Kier alpha value is -2.35. The van der Waals surface area contributed by atoms with Crippen molar-refractivity contribution in [2.24, 2.45) is 0 Å². The van der Waals surface area contributed by atoms with Gasteiger partial charge in [0.2, 0.25) is 0 Å². The van der Waals surface area contributed by atoms with E-state index in [-0.39, 0.29) is 0 Å². The second kappa shape index (κ2) is 4.73. The van der Waals surface area contributed by atoms with Crippen molar-refractivity contribution in [3.8, 4) is 22.4 Å². The first-order chi connectivity index (χ1) is 9.22.